The van der Waals surface area contributed by atoms with Gasteiger partial charge in [-0.25, -0.2) is 0 Å². The van der Waals surface area contributed by atoms with Gasteiger partial charge >= 0.3 is 0 Å². The first-order valence-electron chi connectivity index (χ1n) is 7.02. The summed E-state index contributed by atoms with van der Waals surface area (Å²) < 4.78 is 11.1. The van der Waals surface area contributed by atoms with E-state index in [1.165, 1.54) is 18.4 Å². The lowest BCUT2D eigenvalue weighted by Gasteiger charge is -2.08. The van der Waals surface area contributed by atoms with Crippen molar-refractivity contribution < 1.29 is 9.47 Å². The van der Waals surface area contributed by atoms with Crippen LogP contribution in [-0.2, 0) is 11.3 Å². The molecule has 0 radical (unpaired) electrons. The molecule has 3 heteroatoms. The molecule has 1 aliphatic carbocycles. The summed E-state index contributed by atoms with van der Waals surface area (Å²) in [4.78, 5) is 0. The SMILES string of the molecule is CC=CCOCCOc1cccc(CNC2CC2)c1. The maximum Gasteiger partial charge on any atom is 0.119 e. The average Bonchev–Trinajstić information content (AvgIpc) is 3.25. The molecule has 19 heavy (non-hydrogen) atoms. The van der Waals surface area contributed by atoms with Crippen LogP contribution in [0, 0.1) is 0 Å². The van der Waals surface area contributed by atoms with Gasteiger partial charge in [-0.15, -0.1) is 0 Å². The summed E-state index contributed by atoms with van der Waals surface area (Å²) in [5.74, 6) is 0.921. The maximum atomic E-state index is 5.67. The highest BCUT2D eigenvalue weighted by molar-refractivity contribution is 5.28. The minimum Gasteiger partial charge on any atom is -0.491 e. The van der Waals surface area contributed by atoms with E-state index < -0.39 is 0 Å². The second-order valence-corrected chi connectivity index (χ2v) is 4.79. The van der Waals surface area contributed by atoms with Crippen LogP contribution in [0.25, 0.3) is 0 Å². The molecule has 104 valence electrons. The highest BCUT2D eigenvalue weighted by Gasteiger charge is 2.19. The average molecular weight is 261 g/mol. The van der Waals surface area contributed by atoms with Crippen LogP contribution in [-0.4, -0.2) is 25.9 Å². The largest absolute Gasteiger partial charge is 0.491 e. The molecule has 0 aromatic heterocycles. The van der Waals surface area contributed by atoms with E-state index in [1.807, 2.05) is 31.2 Å². The van der Waals surface area contributed by atoms with Gasteiger partial charge in [-0.3, -0.25) is 0 Å². The third-order valence-corrected chi connectivity index (χ3v) is 3.02. The van der Waals surface area contributed by atoms with Crippen LogP contribution in [0.5, 0.6) is 5.75 Å². The standard InChI is InChI=1S/C16H23NO2/c1-2-3-9-18-10-11-19-16-6-4-5-14(12-16)13-17-15-7-8-15/h2-6,12,15,17H,7-11,13H2,1H3. The number of rotatable bonds is 9. The van der Waals surface area contributed by atoms with Gasteiger partial charge < -0.3 is 14.8 Å². The Labute approximate surface area is 115 Å². The molecule has 1 fully saturated rings. The molecule has 0 bridgehead atoms. The van der Waals surface area contributed by atoms with Gasteiger partial charge in [-0.1, -0.05) is 24.3 Å². The Balaban J connectivity index is 1.65. The van der Waals surface area contributed by atoms with Gasteiger partial charge in [0.1, 0.15) is 12.4 Å². The molecule has 1 aliphatic rings. The third-order valence-electron chi connectivity index (χ3n) is 3.02. The van der Waals surface area contributed by atoms with Gasteiger partial charge in [0.15, 0.2) is 0 Å². The molecule has 3 nitrogen and oxygen atoms in total. The van der Waals surface area contributed by atoms with E-state index in [2.05, 4.69) is 17.4 Å². The van der Waals surface area contributed by atoms with E-state index >= 15 is 0 Å². The smallest absolute Gasteiger partial charge is 0.119 e. The summed E-state index contributed by atoms with van der Waals surface area (Å²) in [6.07, 6.45) is 6.61. The zero-order valence-electron chi connectivity index (χ0n) is 11.6. The van der Waals surface area contributed by atoms with Gasteiger partial charge in [0, 0.05) is 12.6 Å². The molecule has 0 unspecified atom stereocenters. The maximum absolute atomic E-state index is 5.67. The van der Waals surface area contributed by atoms with Gasteiger partial charge in [-0.2, -0.15) is 0 Å². The minimum absolute atomic E-state index is 0.594. The summed E-state index contributed by atoms with van der Waals surface area (Å²) in [6.45, 7) is 4.79. The first kappa shape index (κ1) is 14.1. The fourth-order valence-electron chi connectivity index (χ4n) is 1.76. The number of benzene rings is 1. The molecular formula is C16H23NO2. The number of allylic oxidation sites excluding steroid dienone is 1. The van der Waals surface area contributed by atoms with Crippen LogP contribution in [0.15, 0.2) is 36.4 Å². The van der Waals surface area contributed by atoms with E-state index in [9.17, 15) is 0 Å². The van der Waals surface area contributed by atoms with E-state index in [-0.39, 0.29) is 0 Å². The van der Waals surface area contributed by atoms with Gasteiger partial charge in [-0.05, 0) is 37.5 Å². The summed E-state index contributed by atoms with van der Waals surface area (Å²) >= 11 is 0. The molecule has 0 atom stereocenters. The quantitative estimate of drug-likeness (QED) is 0.547. The summed E-state index contributed by atoms with van der Waals surface area (Å²) in [5, 5.41) is 3.50. The van der Waals surface area contributed by atoms with Crippen LogP contribution in [0.1, 0.15) is 25.3 Å². The van der Waals surface area contributed by atoms with E-state index in [1.54, 1.807) is 0 Å². The van der Waals surface area contributed by atoms with Crippen molar-refractivity contribution in [3.8, 4) is 5.75 Å². The lowest BCUT2D eigenvalue weighted by molar-refractivity contribution is 0.121. The van der Waals surface area contributed by atoms with E-state index in [4.69, 9.17) is 9.47 Å². The fourth-order valence-corrected chi connectivity index (χ4v) is 1.76. The number of nitrogens with one attached hydrogen (secondary N) is 1. The predicted octanol–water partition coefficient (Wildman–Crippen LogP) is 2.91. The van der Waals surface area contributed by atoms with Gasteiger partial charge in [0.2, 0.25) is 0 Å². The molecule has 0 heterocycles. The van der Waals surface area contributed by atoms with Crippen LogP contribution >= 0.6 is 0 Å². The third kappa shape index (κ3) is 5.90. The molecule has 1 aromatic rings. The second-order valence-electron chi connectivity index (χ2n) is 4.79. The zero-order chi connectivity index (χ0) is 13.3. The van der Waals surface area contributed by atoms with Crippen molar-refractivity contribution >= 4 is 0 Å². The van der Waals surface area contributed by atoms with Crippen molar-refractivity contribution in [2.45, 2.75) is 32.4 Å². The van der Waals surface area contributed by atoms with Crippen LogP contribution in [0.2, 0.25) is 0 Å². The molecular weight excluding hydrogens is 238 g/mol. The highest BCUT2D eigenvalue weighted by atomic mass is 16.5. The van der Waals surface area contributed by atoms with Crippen molar-refractivity contribution in [3.63, 3.8) is 0 Å². The Morgan fingerprint density at radius 2 is 2.21 bits per heavy atom. The lowest BCUT2D eigenvalue weighted by Crippen LogP contribution is -2.15. The lowest BCUT2D eigenvalue weighted by atomic mass is 10.2. The number of hydrogen-bond donors (Lipinski definition) is 1. The Bertz CT molecular complexity index is 399. The second kappa shape index (κ2) is 7.97. The first-order valence-corrected chi connectivity index (χ1v) is 7.02. The first-order chi connectivity index (χ1) is 9.38. The normalized spacial score (nSPS) is 15.0. The van der Waals surface area contributed by atoms with Gasteiger partial charge in [0.05, 0.1) is 13.2 Å². The summed E-state index contributed by atoms with van der Waals surface area (Å²) in [6, 6.07) is 9.00. The van der Waals surface area contributed by atoms with E-state index in [0.29, 0.717) is 19.8 Å². The molecule has 0 aliphatic heterocycles. The van der Waals surface area contributed by atoms with Crippen LogP contribution in [0.3, 0.4) is 0 Å². The van der Waals surface area contributed by atoms with Crippen molar-refractivity contribution in [1.82, 2.24) is 5.32 Å². The fraction of sp³-hybridized carbons (Fsp3) is 0.500. The molecule has 1 aromatic carbocycles. The zero-order valence-corrected chi connectivity index (χ0v) is 11.6. The summed E-state index contributed by atoms with van der Waals surface area (Å²) in [5.41, 5.74) is 1.28. The summed E-state index contributed by atoms with van der Waals surface area (Å²) in [7, 11) is 0. The monoisotopic (exact) mass is 261 g/mol. The topological polar surface area (TPSA) is 30.5 Å². The molecule has 2 rings (SSSR count). The number of ether oxygens (including phenoxy) is 2. The van der Waals surface area contributed by atoms with Crippen LogP contribution in [0.4, 0.5) is 0 Å². The Morgan fingerprint density at radius 3 is 3.00 bits per heavy atom. The van der Waals surface area contributed by atoms with Crippen LogP contribution < -0.4 is 10.1 Å². The Kier molecular flexibility index (Phi) is 5.92. The van der Waals surface area contributed by atoms with Gasteiger partial charge in [0.25, 0.3) is 0 Å². The molecule has 1 saturated carbocycles. The van der Waals surface area contributed by atoms with Crippen molar-refractivity contribution in [2.75, 3.05) is 19.8 Å². The molecule has 0 saturated heterocycles. The highest BCUT2D eigenvalue weighted by Crippen LogP contribution is 2.20. The van der Waals surface area contributed by atoms with E-state index in [0.717, 1.165) is 18.3 Å². The Morgan fingerprint density at radius 1 is 1.32 bits per heavy atom. The molecule has 0 amide bonds. The molecule has 0 spiro atoms. The predicted molar refractivity (Wildman–Crippen MR) is 77.4 cm³/mol. The molecule has 1 N–H and O–H groups in total. The minimum atomic E-state index is 0.594. The van der Waals surface area contributed by atoms with Crippen molar-refractivity contribution in [1.29, 1.82) is 0 Å². The Hall–Kier alpha value is -1.32. The van der Waals surface area contributed by atoms with Crippen molar-refractivity contribution in [3.05, 3.63) is 42.0 Å². The van der Waals surface area contributed by atoms with Crippen molar-refractivity contribution in [2.24, 2.45) is 0 Å². The number of hydrogen-bond acceptors (Lipinski definition) is 3.